The maximum Gasteiger partial charge on any atom is 0.193 e. The summed E-state index contributed by atoms with van der Waals surface area (Å²) >= 11 is 0. The molecule has 0 aliphatic heterocycles. The molecule has 3 nitrogen and oxygen atoms in total. The molecule has 0 aromatic heterocycles. The second-order valence-electron chi connectivity index (χ2n) is 6.29. The molecule has 1 aliphatic rings. The highest BCUT2D eigenvalue weighted by atomic mass is 127. The molecule has 1 fully saturated rings. The number of nitrogens with zero attached hydrogens (tertiary/aromatic N) is 1. The molecule has 1 aliphatic carbocycles. The lowest BCUT2D eigenvalue weighted by Gasteiger charge is -2.16. The molecule has 2 aromatic carbocycles. The van der Waals surface area contributed by atoms with Crippen molar-refractivity contribution >= 4 is 35.6 Å². The predicted molar refractivity (Wildman–Crippen MR) is 109 cm³/mol. The van der Waals surface area contributed by atoms with Crippen LogP contribution in [-0.2, 0) is 5.41 Å². The summed E-state index contributed by atoms with van der Waals surface area (Å²) in [6, 6.07) is 16.7. The van der Waals surface area contributed by atoms with Gasteiger partial charge in [0, 0.05) is 11.1 Å². The first-order valence-electron chi connectivity index (χ1n) is 7.79. The second-order valence-corrected chi connectivity index (χ2v) is 6.29. The minimum Gasteiger partial charge on any atom is -0.370 e. The average molecular weight is 421 g/mol. The fourth-order valence-electron chi connectivity index (χ4n) is 2.98. The summed E-state index contributed by atoms with van der Waals surface area (Å²) < 4.78 is 0. The number of guanidine groups is 1. The second kappa shape index (κ2) is 7.34. The van der Waals surface area contributed by atoms with Gasteiger partial charge in [0.2, 0.25) is 0 Å². The Labute approximate surface area is 155 Å². The largest absolute Gasteiger partial charge is 0.370 e. The number of hydrogen-bond acceptors (Lipinski definition) is 1. The number of aryl methyl sites for hydroxylation is 2. The van der Waals surface area contributed by atoms with Crippen LogP contribution in [0.4, 0.5) is 5.69 Å². The number of nitrogens with one attached hydrogen (secondary N) is 1. The number of nitrogens with two attached hydrogens (primary N) is 1. The third-order valence-electron chi connectivity index (χ3n) is 4.41. The average Bonchev–Trinajstić information content (AvgIpc) is 3.27. The molecule has 23 heavy (non-hydrogen) atoms. The van der Waals surface area contributed by atoms with Gasteiger partial charge in [-0.2, -0.15) is 0 Å². The Kier molecular flexibility index (Phi) is 5.68. The molecule has 4 heteroatoms. The topological polar surface area (TPSA) is 50.4 Å². The van der Waals surface area contributed by atoms with Gasteiger partial charge in [0.15, 0.2) is 5.96 Å². The summed E-state index contributed by atoms with van der Waals surface area (Å²) in [6.07, 6.45) is 2.39. The third kappa shape index (κ3) is 4.25. The van der Waals surface area contributed by atoms with Crippen LogP contribution in [0.25, 0.3) is 0 Å². The van der Waals surface area contributed by atoms with Crippen molar-refractivity contribution in [2.45, 2.75) is 32.1 Å². The minimum absolute atomic E-state index is 0. The van der Waals surface area contributed by atoms with Gasteiger partial charge in [-0.1, -0.05) is 36.4 Å². The summed E-state index contributed by atoms with van der Waals surface area (Å²) in [7, 11) is 0. The molecule has 0 atom stereocenters. The summed E-state index contributed by atoms with van der Waals surface area (Å²) in [4.78, 5) is 4.58. The minimum atomic E-state index is 0. The van der Waals surface area contributed by atoms with Crippen LogP contribution >= 0.6 is 24.0 Å². The highest BCUT2D eigenvalue weighted by molar-refractivity contribution is 14.0. The molecule has 0 heterocycles. The Morgan fingerprint density at radius 3 is 2.52 bits per heavy atom. The van der Waals surface area contributed by atoms with E-state index in [2.05, 4.69) is 60.6 Å². The monoisotopic (exact) mass is 421 g/mol. The first-order chi connectivity index (χ1) is 10.6. The number of halogens is 1. The SMILES string of the molecule is Cc1cccc(NC(N)=NCC2(c3ccccc3C)CC2)c1.I. The number of benzene rings is 2. The Morgan fingerprint density at radius 1 is 1.13 bits per heavy atom. The Bertz CT molecular complexity index is 705. The van der Waals surface area contributed by atoms with Crippen molar-refractivity contribution in [3.8, 4) is 0 Å². The van der Waals surface area contributed by atoms with E-state index in [-0.39, 0.29) is 29.4 Å². The van der Waals surface area contributed by atoms with E-state index >= 15 is 0 Å². The van der Waals surface area contributed by atoms with Crippen molar-refractivity contribution in [2.24, 2.45) is 10.7 Å². The van der Waals surface area contributed by atoms with Gasteiger partial charge in [-0.05, 0) is 55.5 Å². The van der Waals surface area contributed by atoms with Crippen molar-refractivity contribution in [1.29, 1.82) is 0 Å². The fraction of sp³-hybridized carbons (Fsp3) is 0.316. The smallest absolute Gasteiger partial charge is 0.193 e. The summed E-state index contributed by atoms with van der Waals surface area (Å²) in [6.45, 7) is 4.99. The molecular weight excluding hydrogens is 397 g/mol. The van der Waals surface area contributed by atoms with Crippen LogP contribution in [0, 0.1) is 13.8 Å². The van der Waals surface area contributed by atoms with Crippen molar-refractivity contribution < 1.29 is 0 Å². The molecule has 2 aromatic rings. The van der Waals surface area contributed by atoms with Gasteiger partial charge in [-0.15, -0.1) is 24.0 Å². The molecule has 3 N–H and O–H groups in total. The molecule has 0 unspecified atom stereocenters. The lowest BCUT2D eigenvalue weighted by Crippen LogP contribution is -2.25. The van der Waals surface area contributed by atoms with Gasteiger partial charge in [0.05, 0.1) is 6.54 Å². The van der Waals surface area contributed by atoms with Gasteiger partial charge in [-0.3, -0.25) is 4.99 Å². The normalized spacial score (nSPS) is 15.7. The highest BCUT2D eigenvalue weighted by Crippen LogP contribution is 2.49. The Morgan fingerprint density at radius 2 is 1.87 bits per heavy atom. The van der Waals surface area contributed by atoms with Crippen LogP contribution in [0.5, 0.6) is 0 Å². The zero-order valence-corrected chi connectivity index (χ0v) is 16.0. The zero-order valence-electron chi connectivity index (χ0n) is 13.7. The molecule has 0 bridgehead atoms. The van der Waals surface area contributed by atoms with Crippen molar-refractivity contribution in [3.63, 3.8) is 0 Å². The number of anilines is 1. The molecule has 0 spiro atoms. The van der Waals surface area contributed by atoms with Gasteiger partial charge in [-0.25, -0.2) is 0 Å². The molecule has 3 rings (SSSR count). The maximum absolute atomic E-state index is 6.05. The molecular formula is C19H24IN3. The van der Waals surface area contributed by atoms with Crippen LogP contribution in [-0.4, -0.2) is 12.5 Å². The van der Waals surface area contributed by atoms with E-state index in [1.165, 1.54) is 29.5 Å². The predicted octanol–water partition coefficient (Wildman–Crippen LogP) is 4.38. The summed E-state index contributed by atoms with van der Waals surface area (Å²) in [5.41, 5.74) is 11.2. The lowest BCUT2D eigenvalue weighted by molar-refractivity contribution is 0.700. The van der Waals surface area contributed by atoms with Crippen molar-refractivity contribution in [2.75, 3.05) is 11.9 Å². The van der Waals surface area contributed by atoms with Crippen LogP contribution in [0.1, 0.15) is 29.5 Å². The lowest BCUT2D eigenvalue weighted by atomic mass is 9.92. The van der Waals surface area contributed by atoms with Crippen molar-refractivity contribution in [3.05, 3.63) is 65.2 Å². The summed E-state index contributed by atoms with van der Waals surface area (Å²) in [5.74, 6) is 0.491. The summed E-state index contributed by atoms with van der Waals surface area (Å²) in [5, 5.41) is 3.18. The van der Waals surface area contributed by atoms with E-state index in [1.54, 1.807) is 0 Å². The first kappa shape index (κ1) is 17.8. The van der Waals surface area contributed by atoms with Crippen LogP contribution in [0.2, 0.25) is 0 Å². The zero-order chi connectivity index (χ0) is 15.6. The number of aliphatic imine (C=N–C) groups is 1. The van der Waals surface area contributed by atoms with Gasteiger partial charge in [0.25, 0.3) is 0 Å². The van der Waals surface area contributed by atoms with E-state index in [0.29, 0.717) is 5.96 Å². The highest BCUT2D eigenvalue weighted by Gasteiger charge is 2.44. The standard InChI is InChI=1S/C19H23N3.HI/c1-14-6-5-8-16(12-14)22-18(20)21-13-19(10-11-19)17-9-4-3-7-15(17)2;/h3-9,12H,10-11,13H2,1-2H3,(H3,20,21,22);1H. The first-order valence-corrected chi connectivity index (χ1v) is 7.79. The van der Waals surface area contributed by atoms with E-state index in [0.717, 1.165) is 12.2 Å². The van der Waals surface area contributed by atoms with Gasteiger partial charge >= 0.3 is 0 Å². The fourth-order valence-corrected chi connectivity index (χ4v) is 2.98. The van der Waals surface area contributed by atoms with Crippen molar-refractivity contribution in [1.82, 2.24) is 0 Å². The molecule has 1 saturated carbocycles. The Hall–Kier alpha value is -1.56. The third-order valence-corrected chi connectivity index (χ3v) is 4.41. The van der Waals surface area contributed by atoms with Gasteiger partial charge < -0.3 is 11.1 Å². The number of rotatable bonds is 4. The maximum atomic E-state index is 6.05. The quantitative estimate of drug-likeness (QED) is 0.438. The van der Waals surface area contributed by atoms with Crippen LogP contribution in [0.3, 0.4) is 0 Å². The van der Waals surface area contributed by atoms with Crippen LogP contribution < -0.4 is 11.1 Å². The molecule has 0 radical (unpaired) electrons. The molecule has 0 saturated heterocycles. The van der Waals surface area contributed by atoms with Gasteiger partial charge in [0.1, 0.15) is 0 Å². The van der Waals surface area contributed by atoms with E-state index < -0.39 is 0 Å². The molecule has 122 valence electrons. The Balaban J connectivity index is 0.00000192. The molecule has 0 amide bonds. The van der Waals surface area contributed by atoms with Crippen LogP contribution in [0.15, 0.2) is 53.5 Å². The van der Waals surface area contributed by atoms with E-state index in [9.17, 15) is 0 Å². The van der Waals surface area contributed by atoms with E-state index in [4.69, 9.17) is 5.73 Å². The van der Waals surface area contributed by atoms with E-state index in [1.807, 2.05) is 12.1 Å². The number of hydrogen-bond donors (Lipinski definition) is 2.